The minimum atomic E-state index is -0.663. The Labute approximate surface area is 465 Å². The van der Waals surface area contributed by atoms with Gasteiger partial charge in [-0.15, -0.1) is 0 Å². The van der Waals surface area contributed by atoms with Crippen molar-refractivity contribution < 1.29 is 0 Å². The quantitative estimate of drug-likeness (QED) is 0.142. The van der Waals surface area contributed by atoms with Crippen molar-refractivity contribution >= 4 is 34.1 Å². The van der Waals surface area contributed by atoms with E-state index in [0.717, 1.165) is 40.3 Å². The summed E-state index contributed by atoms with van der Waals surface area (Å²) in [7, 11) is 0. The fourth-order valence-electron chi connectivity index (χ4n) is 15.6. The molecule has 1 spiro atoms. The van der Waals surface area contributed by atoms with Crippen LogP contribution in [0.1, 0.15) is 84.4 Å². The molecule has 5 aliphatic rings. The van der Waals surface area contributed by atoms with Gasteiger partial charge in [-0.05, 0) is 193 Å². The minimum absolute atomic E-state index is 0.173. The van der Waals surface area contributed by atoms with E-state index in [4.69, 9.17) is 0 Å². The van der Waals surface area contributed by atoms with Gasteiger partial charge >= 0.3 is 0 Å². The Balaban J connectivity index is 0.992. The molecule has 0 heterocycles. The van der Waals surface area contributed by atoms with Crippen molar-refractivity contribution in [3.8, 4) is 55.6 Å². The second-order valence-corrected chi connectivity index (χ2v) is 23.5. The van der Waals surface area contributed by atoms with E-state index in [9.17, 15) is 0 Å². The maximum Gasteiger partial charge on any atom is 0.0727 e. The van der Waals surface area contributed by atoms with Crippen LogP contribution in [-0.4, -0.2) is 0 Å². The predicted octanol–water partition coefficient (Wildman–Crippen LogP) is 20.5. The third-order valence-electron chi connectivity index (χ3n) is 19.1. The van der Waals surface area contributed by atoms with Gasteiger partial charge in [-0.3, -0.25) is 0 Å². The number of para-hydroxylation sites is 3. The van der Waals surface area contributed by atoms with E-state index in [1.807, 2.05) is 0 Å². The first-order valence-electron chi connectivity index (χ1n) is 28.7. The van der Waals surface area contributed by atoms with Crippen molar-refractivity contribution in [3.63, 3.8) is 0 Å². The summed E-state index contributed by atoms with van der Waals surface area (Å²) in [5.74, 6) is 2.37. The molecule has 2 saturated carbocycles. The van der Waals surface area contributed by atoms with Crippen LogP contribution >= 0.6 is 0 Å². The van der Waals surface area contributed by atoms with Gasteiger partial charge in [-0.1, -0.05) is 208 Å². The molecule has 4 unspecified atom stereocenters. The average Bonchev–Trinajstić information content (AvgIpc) is 2.89. The zero-order chi connectivity index (χ0) is 52.4. The van der Waals surface area contributed by atoms with Gasteiger partial charge in [0.25, 0.3) is 0 Å². The molecule has 0 aliphatic heterocycles. The van der Waals surface area contributed by atoms with Crippen molar-refractivity contribution in [3.05, 3.63) is 300 Å². The van der Waals surface area contributed by atoms with E-state index in [2.05, 4.69) is 285 Å². The smallest absolute Gasteiger partial charge is 0.0727 e. The van der Waals surface area contributed by atoms with Crippen LogP contribution in [0.5, 0.6) is 0 Å². The van der Waals surface area contributed by atoms with Crippen LogP contribution in [0.25, 0.3) is 55.6 Å². The summed E-state index contributed by atoms with van der Waals surface area (Å²) in [5, 5.41) is 0. The van der Waals surface area contributed by atoms with Crippen molar-refractivity contribution in [2.24, 2.45) is 11.8 Å². The Morgan fingerprint density at radius 3 is 1.27 bits per heavy atom. The lowest BCUT2D eigenvalue weighted by Crippen LogP contribution is -2.27. The average molecular weight is 1010 g/mol. The topological polar surface area (TPSA) is 6.48 Å². The first-order valence-corrected chi connectivity index (χ1v) is 28.7. The summed E-state index contributed by atoms with van der Waals surface area (Å²) in [6.45, 7) is 4.80. The molecule has 0 radical (unpaired) electrons. The van der Waals surface area contributed by atoms with E-state index < -0.39 is 5.41 Å². The molecule has 378 valence electrons. The molecular weight excluding hydrogens is 953 g/mol. The second kappa shape index (κ2) is 17.8. The Kier molecular flexibility index (Phi) is 10.4. The van der Waals surface area contributed by atoms with E-state index >= 15 is 0 Å². The number of hydrogen-bond donors (Lipinski definition) is 0. The van der Waals surface area contributed by atoms with Gasteiger partial charge < -0.3 is 9.80 Å². The molecule has 16 rings (SSSR count). The lowest BCUT2D eigenvalue weighted by molar-refractivity contribution is 0.420. The van der Waals surface area contributed by atoms with Crippen LogP contribution in [0, 0.1) is 11.8 Å². The zero-order valence-electron chi connectivity index (χ0n) is 44.8. The Bertz CT molecular complexity index is 4140. The number of anilines is 6. The molecule has 0 saturated heterocycles. The van der Waals surface area contributed by atoms with Gasteiger partial charge in [0.05, 0.1) is 16.8 Å². The number of nitrogens with zero attached hydrogens (tertiary/aromatic N) is 2. The van der Waals surface area contributed by atoms with Crippen LogP contribution in [0.3, 0.4) is 0 Å². The SMILES string of the molecule is CC1(C)c2ccccc2-c2ccc(N(c3ccccc3)c3cc4c(cc3-c3ccc(C5CC6CCC5C6)cc3)-c3ccccc3C43c4ccccc4-c4cc(-c5ccccc5)c(N(c5ccccc5)c5ccccc5)cc43)cc21. The van der Waals surface area contributed by atoms with E-state index in [1.54, 1.807) is 0 Å². The maximum absolute atomic E-state index is 2.62. The highest BCUT2D eigenvalue weighted by Gasteiger charge is 2.53. The maximum atomic E-state index is 2.62. The lowest BCUT2D eigenvalue weighted by Gasteiger charge is -2.35. The minimum Gasteiger partial charge on any atom is -0.310 e. The van der Waals surface area contributed by atoms with Gasteiger partial charge in [0.15, 0.2) is 0 Å². The van der Waals surface area contributed by atoms with Crippen LogP contribution in [-0.2, 0) is 10.8 Å². The highest BCUT2D eigenvalue weighted by atomic mass is 15.2. The highest BCUT2D eigenvalue weighted by molar-refractivity contribution is 6.03. The molecule has 2 bridgehead atoms. The summed E-state index contributed by atoms with van der Waals surface area (Å²) < 4.78 is 0. The number of fused-ring (bicyclic) bond motifs is 15. The molecular formula is C77H60N2. The molecule has 5 aliphatic carbocycles. The van der Waals surface area contributed by atoms with E-state index in [1.165, 1.54) is 126 Å². The largest absolute Gasteiger partial charge is 0.310 e. The summed E-state index contributed by atoms with van der Waals surface area (Å²) in [6, 6.07) is 99.1. The third kappa shape index (κ3) is 6.90. The fourth-order valence-corrected chi connectivity index (χ4v) is 15.6. The van der Waals surface area contributed by atoms with E-state index in [0.29, 0.717) is 5.92 Å². The molecule has 2 fully saturated rings. The molecule has 2 heteroatoms. The van der Waals surface area contributed by atoms with Gasteiger partial charge in [0.2, 0.25) is 0 Å². The first kappa shape index (κ1) is 46.1. The Hall–Kier alpha value is -8.98. The van der Waals surface area contributed by atoms with Crippen LogP contribution in [0.2, 0.25) is 0 Å². The monoisotopic (exact) mass is 1010 g/mol. The van der Waals surface area contributed by atoms with Gasteiger partial charge in [0, 0.05) is 39.3 Å². The number of hydrogen-bond acceptors (Lipinski definition) is 2. The Morgan fingerprint density at radius 2 is 0.759 bits per heavy atom. The van der Waals surface area contributed by atoms with Gasteiger partial charge in [-0.2, -0.15) is 0 Å². The molecule has 2 nitrogen and oxygen atoms in total. The summed E-state index contributed by atoms with van der Waals surface area (Å²) in [6.07, 6.45) is 5.51. The molecule has 79 heavy (non-hydrogen) atoms. The first-order chi connectivity index (χ1) is 38.9. The molecule has 4 atom stereocenters. The summed E-state index contributed by atoms with van der Waals surface area (Å²) >= 11 is 0. The standard InChI is InChI=1S/C77H60N2/c1-76(2)68-32-18-15-29-59(68)62-42-41-58(45-71(62)76)79(57-27-13-6-14-28-57)75-49-73-67(47-65(75)53-39-37-52(38-40-53)63-44-50-35-36-54(63)43-50)61-31-17-20-34-70(61)77(73)69-33-19-16-30-60(69)66-46-64(51-21-7-3-8-22-51)74(48-72(66)77)78(55-23-9-4-10-24-55)56-25-11-5-12-26-56/h3-34,37-42,45-50,54,63H,35-36,43-44H2,1-2H3. The zero-order valence-corrected chi connectivity index (χ0v) is 44.8. The molecule has 11 aromatic carbocycles. The van der Waals surface area contributed by atoms with Crippen LogP contribution < -0.4 is 9.80 Å². The molecule has 0 amide bonds. The summed E-state index contributed by atoms with van der Waals surface area (Å²) in [4.78, 5) is 5.05. The molecule has 0 aromatic heterocycles. The van der Waals surface area contributed by atoms with Crippen LogP contribution in [0.15, 0.2) is 261 Å². The fraction of sp³-hybridized carbons (Fsp3) is 0.143. The summed E-state index contributed by atoms with van der Waals surface area (Å²) in [5.41, 5.74) is 28.0. The normalized spacial score (nSPS) is 19.1. The van der Waals surface area contributed by atoms with Crippen molar-refractivity contribution in [2.75, 3.05) is 9.80 Å². The van der Waals surface area contributed by atoms with Gasteiger partial charge in [0.1, 0.15) is 0 Å². The van der Waals surface area contributed by atoms with Gasteiger partial charge in [-0.25, -0.2) is 0 Å². The second-order valence-electron chi connectivity index (χ2n) is 23.5. The molecule has 0 N–H and O–H groups in total. The Morgan fingerprint density at radius 1 is 0.316 bits per heavy atom. The van der Waals surface area contributed by atoms with Crippen molar-refractivity contribution in [1.82, 2.24) is 0 Å². The third-order valence-corrected chi connectivity index (χ3v) is 19.1. The van der Waals surface area contributed by atoms with Crippen molar-refractivity contribution in [2.45, 2.75) is 56.3 Å². The number of benzene rings is 11. The van der Waals surface area contributed by atoms with Crippen LogP contribution in [0.4, 0.5) is 34.1 Å². The lowest BCUT2D eigenvalue weighted by atomic mass is 9.70. The van der Waals surface area contributed by atoms with E-state index in [-0.39, 0.29) is 5.41 Å². The highest BCUT2D eigenvalue weighted by Crippen LogP contribution is 2.66. The molecule has 11 aromatic rings. The predicted molar refractivity (Wildman–Crippen MR) is 329 cm³/mol. The number of rotatable bonds is 9. The van der Waals surface area contributed by atoms with Crippen molar-refractivity contribution in [1.29, 1.82) is 0 Å².